The molecule has 0 spiro atoms. The maximum absolute atomic E-state index is 5.66. The van der Waals surface area contributed by atoms with Crippen LogP contribution in [0.5, 0.6) is 0 Å². The molecule has 1 aliphatic rings. The SMILES string of the molecule is Cl.Nc1cnn(-c2cnc(NC3Cc4ccccc4C3)nc2)c1. The molecule has 0 atom stereocenters. The lowest BCUT2D eigenvalue weighted by Crippen LogP contribution is -2.21. The number of fused-ring (bicyclic) bond motifs is 1. The Labute approximate surface area is 140 Å². The van der Waals surface area contributed by atoms with Gasteiger partial charge in [0.25, 0.3) is 0 Å². The zero-order chi connectivity index (χ0) is 14.9. The molecule has 2 aromatic heterocycles. The highest BCUT2D eigenvalue weighted by Gasteiger charge is 2.21. The van der Waals surface area contributed by atoms with E-state index in [2.05, 4.69) is 44.6 Å². The van der Waals surface area contributed by atoms with Crippen molar-refractivity contribution in [2.45, 2.75) is 18.9 Å². The first-order valence-corrected chi connectivity index (χ1v) is 7.24. The van der Waals surface area contributed by atoms with E-state index in [4.69, 9.17) is 5.73 Å². The average Bonchev–Trinajstić information content (AvgIpc) is 3.13. The number of halogens is 1. The van der Waals surface area contributed by atoms with Crippen LogP contribution >= 0.6 is 12.4 Å². The molecule has 6 nitrogen and oxygen atoms in total. The number of nitrogens with two attached hydrogens (primary N) is 1. The molecule has 23 heavy (non-hydrogen) atoms. The van der Waals surface area contributed by atoms with E-state index in [1.165, 1.54) is 11.1 Å². The fourth-order valence-electron chi connectivity index (χ4n) is 2.84. The van der Waals surface area contributed by atoms with Crippen LogP contribution in [-0.4, -0.2) is 25.8 Å². The quantitative estimate of drug-likeness (QED) is 0.770. The van der Waals surface area contributed by atoms with Crippen molar-refractivity contribution in [1.29, 1.82) is 0 Å². The van der Waals surface area contributed by atoms with Crippen LogP contribution in [0, 0.1) is 0 Å². The molecule has 0 saturated heterocycles. The van der Waals surface area contributed by atoms with Gasteiger partial charge in [0.2, 0.25) is 5.95 Å². The monoisotopic (exact) mass is 328 g/mol. The standard InChI is InChI=1S/C16H16N6.ClH/c17-13-7-20-22(10-13)15-8-18-16(19-9-15)21-14-5-11-3-1-2-4-12(11)6-14;/h1-4,7-10,14H,5-6,17H2,(H,18,19,21);1H. The lowest BCUT2D eigenvalue weighted by atomic mass is 10.1. The Bertz CT molecular complexity index is 773. The summed E-state index contributed by atoms with van der Waals surface area (Å²) in [6.07, 6.45) is 8.84. The molecule has 0 aliphatic heterocycles. The fraction of sp³-hybridized carbons (Fsp3) is 0.188. The van der Waals surface area contributed by atoms with E-state index in [1.807, 2.05) is 0 Å². The maximum atomic E-state index is 5.66. The van der Waals surface area contributed by atoms with Crippen molar-refractivity contribution >= 4 is 24.0 Å². The van der Waals surface area contributed by atoms with E-state index >= 15 is 0 Å². The molecule has 118 valence electrons. The van der Waals surface area contributed by atoms with Crippen LogP contribution in [0.25, 0.3) is 5.69 Å². The molecule has 3 N–H and O–H groups in total. The average molecular weight is 329 g/mol. The van der Waals surface area contributed by atoms with Gasteiger partial charge in [0.15, 0.2) is 0 Å². The lowest BCUT2D eigenvalue weighted by Gasteiger charge is -2.11. The van der Waals surface area contributed by atoms with Crippen molar-refractivity contribution in [3.8, 4) is 5.69 Å². The Morgan fingerprint density at radius 1 is 1.04 bits per heavy atom. The molecule has 1 aromatic carbocycles. The molecular weight excluding hydrogens is 312 g/mol. The Balaban J connectivity index is 0.00000156. The van der Waals surface area contributed by atoms with E-state index in [0.717, 1.165) is 18.5 Å². The van der Waals surface area contributed by atoms with Gasteiger partial charge >= 0.3 is 0 Å². The highest BCUT2D eigenvalue weighted by atomic mass is 35.5. The smallest absolute Gasteiger partial charge is 0.222 e. The molecule has 2 heterocycles. The summed E-state index contributed by atoms with van der Waals surface area (Å²) in [5.41, 5.74) is 9.88. The van der Waals surface area contributed by atoms with Gasteiger partial charge in [-0.15, -0.1) is 12.4 Å². The first-order valence-electron chi connectivity index (χ1n) is 7.24. The number of rotatable bonds is 3. The number of anilines is 2. The highest BCUT2D eigenvalue weighted by Crippen LogP contribution is 2.23. The summed E-state index contributed by atoms with van der Waals surface area (Å²) in [4.78, 5) is 8.73. The molecule has 3 aromatic rings. The zero-order valence-corrected chi connectivity index (χ0v) is 13.2. The van der Waals surface area contributed by atoms with E-state index in [0.29, 0.717) is 17.7 Å². The second kappa shape index (κ2) is 6.26. The Kier molecular flexibility index (Phi) is 4.16. The Morgan fingerprint density at radius 2 is 1.70 bits per heavy atom. The van der Waals surface area contributed by atoms with Crippen molar-refractivity contribution < 1.29 is 0 Å². The van der Waals surface area contributed by atoms with Gasteiger partial charge in [0.1, 0.15) is 5.69 Å². The first-order chi connectivity index (χ1) is 10.8. The molecule has 1 aliphatic carbocycles. The van der Waals surface area contributed by atoms with Crippen molar-refractivity contribution in [1.82, 2.24) is 19.7 Å². The lowest BCUT2D eigenvalue weighted by molar-refractivity contribution is 0.759. The summed E-state index contributed by atoms with van der Waals surface area (Å²) in [5, 5.41) is 7.53. The van der Waals surface area contributed by atoms with Crippen LogP contribution in [0.1, 0.15) is 11.1 Å². The predicted molar refractivity (Wildman–Crippen MR) is 92.1 cm³/mol. The van der Waals surface area contributed by atoms with Gasteiger partial charge in [0.05, 0.1) is 30.5 Å². The summed E-state index contributed by atoms with van der Waals surface area (Å²) in [5.74, 6) is 0.640. The molecule has 0 amide bonds. The molecule has 4 rings (SSSR count). The first kappa shape index (κ1) is 15.3. The van der Waals surface area contributed by atoms with Gasteiger partial charge in [-0.05, 0) is 24.0 Å². The van der Waals surface area contributed by atoms with Gasteiger partial charge < -0.3 is 11.1 Å². The molecule has 0 fully saturated rings. The topological polar surface area (TPSA) is 81.6 Å². The molecular formula is C16H17ClN6. The van der Waals surface area contributed by atoms with Crippen LogP contribution in [0.2, 0.25) is 0 Å². The summed E-state index contributed by atoms with van der Waals surface area (Å²) >= 11 is 0. The molecule has 0 bridgehead atoms. The summed E-state index contributed by atoms with van der Waals surface area (Å²) in [6, 6.07) is 8.89. The van der Waals surface area contributed by atoms with Crippen molar-refractivity contribution in [2.75, 3.05) is 11.1 Å². The molecule has 7 heteroatoms. The summed E-state index contributed by atoms with van der Waals surface area (Å²) < 4.78 is 1.66. The minimum absolute atomic E-state index is 0. The van der Waals surface area contributed by atoms with Crippen molar-refractivity contribution in [3.63, 3.8) is 0 Å². The number of hydrogen-bond donors (Lipinski definition) is 2. The maximum Gasteiger partial charge on any atom is 0.222 e. The molecule has 0 unspecified atom stereocenters. The Morgan fingerprint density at radius 3 is 2.26 bits per heavy atom. The van der Waals surface area contributed by atoms with Crippen LogP contribution in [0.15, 0.2) is 49.1 Å². The van der Waals surface area contributed by atoms with Gasteiger partial charge in [-0.25, -0.2) is 14.6 Å². The second-order valence-electron chi connectivity index (χ2n) is 5.50. The van der Waals surface area contributed by atoms with E-state index in [1.54, 1.807) is 29.5 Å². The zero-order valence-electron chi connectivity index (χ0n) is 12.4. The third-order valence-corrected chi connectivity index (χ3v) is 3.89. The van der Waals surface area contributed by atoms with Crippen molar-refractivity contribution in [3.05, 3.63) is 60.2 Å². The van der Waals surface area contributed by atoms with Crippen molar-refractivity contribution in [2.24, 2.45) is 0 Å². The molecule has 0 radical (unpaired) electrons. The largest absolute Gasteiger partial charge is 0.396 e. The van der Waals surface area contributed by atoms with E-state index in [-0.39, 0.29) is 12.4 Å². The number of nitrogens with one attached hydrogen (secondary N) is 1. The Hall–Kier alpha value is -2.60. The second-order valence-corrected chi connectivity index (χ2v) is 5.50. The number of hydrogen-bond acceptors (Lipinski definition) is 5. The van der Waals surface area contributed by atoms with Crippen LogP contribution in [0.4, 0.5) is 11.6 Å². The minimum atomic E-state index is 0. The van der Waals surface area contributed by atoms with E-state index < -0.39 is 0 Å². The normalized spacial score (nSPS) is 13.4. The number of benzene rings is 1. The van der Waals surface area contributed by atoms with Crippen LogP contribution < -0.4 is 11.1 Å². The van der Waals surface area contributed by atoms with Gasteiger partial charge in [-0.3, -0.25) is 0 Å². The van der Waals surface area contributed by atoms with Gasteiger partial charge in [0, 0.05) is 6.04 Å². The van der Waals surface area contributed by atoms with E-state index in [9.17, 15) is 0 Å². The highest BCUT2D eigenvalue weighted by molar-refractivity contribution is 5.85. The third-order valence-electron chi connectivity index (χ3n) is 3.89. The third kappa shape index (κ3) is 3.12. The van der Waals surface area contributed by atoms with Crippen LogP contribution in [-0.2, 0) is 12.8 Å². The molecule has 0 saturated carbocycles. The fourth-order valence-corrected chi connectivity index (χ4v) is 2.84. The van der Waals surface area contributed by atoms with Gasteiger partial charge in [-0.1, -0.05) is 24.3 Å². The number of nitrogen functional groups attached to an aromatic ring is 1. The minimum Gasteiger partial charge on any atom is -0.396 e. The number of nitrogens with zero attached hydrogens (tertiary/aromatic N) is 4. The van der Waals surface area contributed by atoms with Crippen LogP contribution in [0.3, 0.4) is 0 Å². The summed E-state index contributed by atoms with van der Waals surface area (Å²) in [6.45, 7) is 0. The summed E-state index contributed by atoms with van der Waals surface area (Å²) in [7, 11) is 0. The van der Waals surface area contributed by atoms with Gasteiger partial charge in [-0.2, -0.15) is 5.10 Å². The number of aromatic nitrogens is 4. The predicted octanol–water partition coefficient (Wildman–Crippen LogP) is 2.25.